The van der Waals surface area contributed by atoms with E-state index in [2.05, 4.69) is 55.1 Å². The van der Waals surface area contributed by atoms with Crippen LogP contribution in [0.25, 0.3) is 0 Å². The largest absolute Gasteiger partial charge is 0.323 e. The summed E-state index contributed by atoms with van der Waals surface area (Å²) in [5.41, 5.74) is 9.45. The van der Waals surface area contributed by atoms with Crippen LogP contribution in [-0.2, 0) is 0 Å². The highest BCUT2D eigenvalue weighted by Crippen LogP contribution is 2.39. The van der Waals surface area contributed by atoms with E-state index < -0.39 is 0 Å². The molecule has 3 nitrogen and oxygen atoms in total. The van der Waals surface area contributed by atoms with Crippen molar-refractivity contribution in [2.45, 2.75) is 50.2 Å². The van der Waals surface area contributed by atoms with Crippen LogP contribution in [-0.4, -0.2) is 49.1 Å². The van der Waals surface area contributed by atoms with Gasteiger partial charge >= 0.3 is 0 Å². The molecule has 0 saturated carbocycles. The van der Waals surface area contributed by atoms with Crippen LogP contribution in [0.5, 0.6) is 0 Å². The van der Waals surface area contributed by atoms with E-state index >= 15 is 0 Å². The molecule has 0 bridgehead atoms. The molecular formula is C18H29N3. The third kappa shape index (κ3) is 2.87. The number of benzene rings is 1. The molecule has 4 atom stereocenters. The Balaban J connectivity index is 1.80. The molecule has 1 heterocycles. The van der Waals surface area contributed by atoms with E-state index in [4.69, 9.17) is 5.73 Å². The average molecular weight is 287 g/mol. The van der Waals surface area contributed by atoms with Crippen LogP contribution in [0.2, 0.25) is 0 Å². The van der Waals surface area contributed by atoms with E-state index in [1.165, 1.54) is 43.5 Å². The van der Waals surface area contributed by atoms with Crippen molar-refractivity contribution in [2.75, 3.05) is 27.2 Å². The highest BCUT2D eigenvalue weighted by molar-refractivity contribution is 5.36. The third-order valence-corrected chi connectivity index (χ3v) is 5.59. The standard InChI is InChI=1S/C18H29N3/c1-13-11-17(18(19)16-9-5-4-8-15(13)16)21(3)14-7-6-10-20(2)12-14/h4-5,8-9,13-14,17-18H,6-7,10-12,19H2,1-3H3. The Morgan fingerprint density at radius 1 is 1.24 bits per heavy atom. The molecule has 1 aliphatic carbocycles. The van der Waals surface area contributed by atoms with E-state index in [1.54, 1.807) is 0 Å². The zero-order valence-corrected chi connectivity index (χ0v) is 13.6. The van der Waals surface area contributed by atoms with Crippen molar-refractivity contribution >= 4 is 0 Å². The Kier molecular flexibility index (Phi) is 4.34. The normalized spacial score (nSPS) is 34.0. The van der Waals surface area contributed by atoms with Crippen molar-refractivity contribution < 1.29 is 0 Å². The topological polar surface area (TPSA) is 32.5 Å². The maximum atomic E-state index is 6.64. The molecule has 1 fully saturated rings. The van der Waals surface area contributed by atoms with Gasteiger partial charge in [-0.1, -0.05) is 31.2 Å². The quantitative estimate of drug-likeness (QED) is 0.907. The minimum Gasteiger partial charge on any atom is -0.323 e. The number of likely N-dealkylation sites (N-methyl/N-ethyl adjacent to an activating group) is 2. The number of rotatable bonds is 2. The van der Waals surface area contributed by atoms with E-state index in [-0.39, 0.29) is 6.04 Å². The van der Waals surface area contributed by atoms with Crippen molar-refractivity contribution in [1.29, 1.82) is 0 Å². The van der Waals surface area contributed by atoms with Crippen molar-refractivity contribution in [3.05, 3.63) is 35.4 Å². The SMILES string of the molecule is CC1CC(N(C)C2CCCN(C)C2)C(N)c2ccccc21. The lowest BCUT2D eigenvalue weighted by atomic mass is 9.77. The monoisotopic (exact) mass is 287 g/mol. The summed E-state index contributed by atoms with van der Waals surface area (Å²) >= 11 is 0. The Morgan fingerprint density at radius 3 is 2.67 bits per heavy atom. The average Bonchev–Trinajstić information content (AvgIpc) is 2.50. The summed E-state index contributed by atoms with van der Waals surface area (Å²) in [7, 11) is 4.52. The molecule has 1 aliphatic heterocycles. The Bertz CT molecular complexity index is 487. The van der Waals surface area contributed by atoms with Crippen LogP contribution >= 0.6 is 0 Å². The fourth-order valence-electron chi connectivity index (χ4n) is 4.27. The van der Waals surface area contributed by atoms with Crippen molar-refractivity contribution in [3.8, 4) is 0 Å². The first-order valence-corrected chi connectivity index (χ1v) is 8.32. The molecule has 116 valence electrons. The number of fused-ring (bicyclic) bond motifs is 1. The van der Waals surface area contributed by atoms with Gasteiger partial charge < -0.3 is 10.6 Å². The van der Waals surface area contributed by atoms with Crippen LogP contribution < -0.4 is 5.73 Å². The highest BCUT2D eigenvalue weighted by atomic mass is 15.2. The summed E-state index contributed by atoms with van der Waals surface area (Å²) in [6.07, 6.45) is 3.79. The van der Waals surface area contributed by atoms with Gasteiger partial charge in [0.15, 0.2) is 0 Å². The summed E-state index contributed by atoms with van der Waals surface area (Å²) in [6, 6.07) is 10.0. The molecule has 0 amide bonds. The second kappa shape index (κ2) is 6.07. The minimum absolute atomic E-state index is 0.148. The molecule has 1 saturated heterocycles. The minimum atomic E-state index is 0.148. The van der Waals surface area contributed by atoms with Crippen LogP contribution in [0.1, 0.15) is 49.3 Å². The Labute approximate surface area is 129 Å². The zero-order chi connectivity index (χ0) is 15.0. The van der Waals surface area contributed by atoms with Gasteiger partial charge in [-0.25, -0.2) is 0 Å². The van der Waals surface area contributed by atoms with Gasteiger partial charge in [-0.05, 0) is 56.9 Å². The van der Waals surface area contributed by atoms with Gasteiger partial charge in [0.05, 0.1) is 0 Å². The van der Waals surface area contributed by atoms with Crippen LogP contribution in [0, 0.1) is 0 Å². The summed E-state index contributed by atoms with van der Waals surface area (Å²) in [4.78, 5) is 5.03. The lowest BCUT2D eigenvalue weighted by Gasteiger charge is -2.45. The summed E-state index contributed by atoms with van der Waals surface area (Å²) in [5, 5.41) is 0. The second-order valence-electron chi connectivity index (χ2n) is 7.08. The lowest BCUT2D eigenvalue weighted by molar-refractivity contribution is 0.0762. The third-order valence-electron chi connectivity index (χ3n) is 5.59. The van der Waals surface area contributed by atoms with Crippen LogP contribution in [0.15, 0.2) is 24.3 Å². The fraction of sp³-hybridized carbons (Fsp3) is 0.667. The van der Waals surface area contributed by atoms with E-state index in [0.29, 0.717) is 18.0 Å². The van der Waals surface area contributed by atoms with Gasteiger partial charge in [0, 0.05) is 24.7 Å². The molecule has 1 aromatic carbocycles. The maximum Gasteiger partial charge on any atom is 0.0456 e. The van der Waals surface area contributed by atoms with Crippen LogP contribution in [0.3, 0.4) is 0 Å². The number of hydrogen-bond acceptors (Lipinski definition) is 3. The van der Waals surface area contributed by atoms with Crippen molar-refractivity contribution in [1.82, 2.24) is 9.80 Å². The van der Waals surface area contributed by atoms with Crippen molar-refractivity contribution in [3.63, 3.8) is 0 Å². The fourth-order valence-corrected chi connectivity index (χ4v) is 4.27. The Hall–Kier alpha value is -0.900. The molecule has 21 heavy (non-hydrogen) atoms. The molecule has 2 aliphatic rings. The first kappa shape index (κ1) is 15.0. The zero-order valence-electron chi connectivity index (χ0n) is 13.6. The van der Waals surface area contributed by atoms with Crippen molar-refractivity contribution in [2.24, 2.45) is 5.73 Å². The molecule has 4 unspecified atom stereocenters. The molecule has 0 radical (unpaired) electrons. The lowest BCUT2D eigenvalue weighted by Crippen LogP contribution is -2.53. The maximum absolute atomic E-state index is 6.64. The van der Waals surface area contributed by atoms with Gasteiger partial charge in [0.2, 0.25) is 0 Å². The summed E-state index contributed by atoms with van der Waals surface area (Å²) in [5.74, 6) is 0.606. The van der Waals surface area contributed by atoms with Gasteiger partial charge in [-0.2, -0.15) is 0 Å². The summed E-state index contributed by atoms with van der Waals surface area (Å²) in [6.45, 7) is 4.76. The number of hydrogen-bond donors (Lipinski definition) is 1. The molecular weight excluding hydrogens is 258 g/mol. The Morgan fingerprint density at radius 2 is 1.95 bits per heavy atom. The van der Waals surface area contributed by atoms with E-state index in [1.807, 2.05) is 0 Å². The molecule has 2 N–H and O–H groups in total. The molecule has 1 aromatic rings. The van der Waals surface area contributed by atoms with E-state index in [9.17, 15) is 0 Å². The number of likely N-dealkylation sites (tertiary alicyclic amines) is 1. The van der Waals surface area contributed by atoms with Gasteiger partial charge in [-0.15, -0.1) is 0 Å². The number of nitrogens with zero attached hydrogens (tertiary/aromatic N) is 2. The molecule has 0 spiro atoms. The number of nitrogens with two attached hydrogens (primary N) is 1. The van der Waals surface area contributed by atoms with Gasteiger partial charge in [0.25, 0.3) is 0 Å². The first-order chi connectivity index (χ1) is 10.1. The van der Waals surface area contributed by atoms with E-state index in [0.717, 1.165) is 0 Å². The molecule has 3 rings (SSSR count). The summed E-state index contributed by atoms with van der Waals surface area (Å²) < 4.78 is 0. The predicted molar refractivity (Wildman–Crippen MR) is 88.5 cm³/mol. The first-order valence-electron chi connectivity index (χ1n) is 8.32. The van der Waals surface area contributed by atoms with Gasteiger partial charge in [-0.3, -0.25) is 4.90 Å². The van der Waals surface area contributed by atoms with Gasteiger partial charge in [0.1, 0.15) is 0 Å². The second-order valence-corrected chi connectivity index (χ2v) is 7.08. The van der Waals surface area contributed by atoms with Crippen LogP contribution in [0.4, 0.5) is 0 Å². The number of piperidine rings is 1. The molecule has 3 heteroatoms. The highest BCUT2D eigenvalue weighted by Gasteiger charge is 2.36. The predicted octanol–water partition coefficient (Wildman–Crippen LogP) is 2.59. The smallest absolute Gasteiger partial charge is 0.0456 e. The molecule has 0 aromatic heterocycles.